The minimum Gasteiger partial charge on any atom is -0.493 e. The van der Waals surface area contributed by atoms with Crippen LogP contribution in [0.15, 0.2) is 21.6 Å². The average molecular weight is 429 g/mol. The Balaban J connectivity index is 1.95. The molecule has 0 atom stereocenters. The lowest BCUT2D eigenvalue weighted by molar-refractivity contribution is 0.0389. The Morgan fingerprint density at radius 1 is 1.19 bits per heavy atom. The Morgan fingerprint density at radius 2 is 1.88 bits per heavy atom. The van der Waals surface area contributed by atoms with Gasteiger partial charge in [0.15, 0.2) is 17.5 Å². The summed E-state index contributed by atoms with van der Waals surface area (Å²) in [7, 11) is 3.26. The van der Waals surface area contributed by atoms with Gasteiger partial charge < -0.3 is 24.8 Å². The summed E-state index contributed by atoms with van der Waals surface area (Å²) in [6.45, 7) is 8.87. The van der Waals surface area contributed by atoms with Gasteiger partial charge in [-0.1, -0.05) is 15.9 Å². The van der Waals surface area contributed by atoms with E-state index in [0.717, 1.165) is 61.9 Å². The van der Waals surface area contributed by atoms with Crippen molar-refractivity contribution in [1.29, 1.82) is 0 Å². The first-order valence-electron chi connectivity index (χ1n) is 8.90. The Morgan fingerprint density at radius 3 is 2.54 bits per heavy atom. The monoisotopic (exact) mass is 428 g/mol. The normalized spacial score (nSPS) is 15.6. The molecule has 0 saturated carbocycles. The highest BCUT2D eigenvalue weighted by molar-refractivity contribution is 9.10. The first kappa shape index (κ1) is 20.8. The first-order chi connectivity index (χ1) is 12.7. The quantitative estimate of drug-likeness (QED) is 0.486. The van der Waals surface area contributed by atoms with Gasteiger partial charge in [0.05, 0.1) is 34.0 Å². The van der Waals surface area contributed by atoms with Gasteiger partial charge in [0, 0.05) is 37.2 Å². The summed E-state index contributed by atoms with van der Waals surface area (Å²) in [5, 5.41) is 6.68. The van der Waals surface area contributed by atoms with Gasteiger partial charge >= 0.3 is 0 Å². The molecular formula is C18H29BrN4O3. The topological polar surface area (TPSA) is 67.4 Å². The lowest BCUT2D eigenvalue weighted by atomic mass is 10.2. The largest absolute Gasteiger partial charge is 0.493 e. The number of guanidine groups is 1. The molecule has 0 spiro atoms. The predicted molar refractivity (Wildman–Crippen MR) is 107 cm³/mol. The molecule has 1 saturated heterocycles. The fraction of sp³-hybridized carbons (Fsp3) is 0.611. The van der Waals surface area contributed by atoms with E-state index >= 15 is 0 Å². The highest BCUT2D eigenvalue weighted by Crippen LogP contribution is 2.33. The van der Waals surface area contributed by atoms with Crippen LogP contribution in [0.1, 0.15) is 12.5 Å². The molecule has 1 aliphatic rings. The molecule has 26 heavy (non-hydrogen) atoms. The van der Waals surface area contributed by atoms with Gasteiger partial charge in [-0.2, -0.15) is 0 Å². The highest BCUT2D eigenvalue weighted by atomic mass is 79.9. The minimum atomic E-state index is 0.536. The van der Waals surface area contributed by atoms with Gasteiger partial charge in [-0.25, -0.2) is 4.99 Å². The molecule has 2 rings (SSSR count). The van der Waals surface area contributed by atoms with Crippen molar-refractivity contribution in [3.63, 3.8) is 0 Å². The molecule has 0 amide bonds. The van der Waals surface area contributed by atoms with Crippen LogP contribution in [0.2, 0.25) is 0 Å². The highest BCUT2D eigenvalue weighted by Gasteiger charge is 2.11. The fourth-order valence-electron chi connectivity index (χ4n) is 2.68. The average Bonchev–Trinajstić information content (AvgIpc) is 2.67. The number of nitrogens with one attached hydrogen (secondary N) is 2. The van der Waals surface area contributed by atoms with Gasteiger partial charge in [0.25, 0.3) is 0 Å². The fourth-order valence-corrected chi connectivity index (χ4v) is 3.13. The Kier molecular flexibility index (Phi) is 9.00. The second-order valence-corrected chi connectivity index (χ2v) is 6.73. The zero-order valence-electron chi connectivity index (χ0n) is 15.8. The van der Waals surface area contributed by atoms with Crippen LogP contribution in [-0.2, 0) is 11.3 Å². The van der Waals surface area contributed by atoms with Crippen molar-refractivity contribution >= 4 is 21.9 Å². The molecule has 146 valence electrons. The van der Waals surface area contributed by atoms with Crippen molar-refractivity contribution in [3.05, 3.63) is 22.2 Å². The third-order valence-corrected chi connectivity index (χ3v) is 4.87. The smallest absolute Gasteiger partial charge is 0.191 e. The lowest BCUT2D eigenvalue weighted by Gasteiger charge is -2.26. The van der Waals surface area contributed by atoms with E-state index in [1.807, 2.05) is 12.1 Å². The molecular weight excluding hydrogens is 400 g/mol. The number of rotatable bonds is 8. The van der Waals surface area contributed by atoms with Gasteiger partial charge in [-0.05, 0) is 24.6 Å². The first-order valence-corrected chi connectivity index (χ1v) is 9.70. The van der Waals surface area contributed by atoms with Crippen LogP contribution >= 0.6 is 15.9 Å². The molecule has 2 N–H and O–H groups in total. The third-order valence-electron chi connectivity index (χ3n) is 4.13. The van der Waals surface area contributed by atoms with E-state index in [4.69, 9.17) is 14.2 Å². The van der Waals surface area contributed by atoms with Gasteiger partial charge in [-0.3, -0.25) is 4.90 Å². The Bertz CT molecular complexity index is 592. The molecule has 1 heterocycles. The maximum atomic E-state index is 5.38. The number of aliphatic imine (C=N–C) groups is 1. The molecule has 1 aromatic carbocycles. The van der Waals surface area contributed by atoms with E-state index in [-0.39, 0.29) is 0 Å². The molecule has 0 bridgehead atoms. The van der Waals surface area contributed by atoms with Gasteiger partial charge in [-0.15, -0.1) is 0 Å². The maximum absolute atomic E-state index is 5.38. The number of benzene rings is 1. The summed E-state index contributed by atoms with van der Waals surface area (Å²) in [6.07, 6.45) is 0. The van der Waals surface area contributed by atoms with E-state index < -0.39 is 0 Å². The molecule has 1 aromatic rings. The van der Waals surface area contributed by atoms with E-state index in [2.05, 4.69) is 43.4 Å². The van der Waals surface area contributed by atoms with E-state index in [0.29, 0.717) is 18.0 Å². The molecule has 1 fully saturated rings. The predicted octanol–water partition coefficient (Wildman–Crippen LogP) is 1.85. The number of methoxy groups -OCH3 is 2. The summed E-state index contributed by atoms with van der Waals surface area (Å²) < 4.78 is 17.0. The molecule has 0 unspecified atom stereocenters. The molecule has 0 radical (unpaired) electrons. The summed E-state index contributed by atoms with van der Waals surface area (Å²) in [5.41, 5.74) is 1.04. The van der Waals surface area contributed by atoms with E-state index in [9.17, 15) is 0 Å². The Labute approximate surface area is 164 Å². The van der Waals surface area contributed by atoms with Crippen molar-refractivity contribution in [3.8, 4) is 11.5 Å². The van der Waals surface area contributed by atoms with Crippen molar-refractivity contribution in [2.24, 2.45) is 4.99 Å². The van der Waals surface area contributed by atoms with Crippen LogP contribution in [0.4, 0.5) is 0 Å². The van der Waals surface area contributed by atoms with Crippen LogP contribution in [0, 0.1) is 0 Å². The van der Waals surface area contributed by atoms with Gasteiger partial charge in [0.2, 0.25) is 0 Å². The SMILES string of the molecule is CCNC(=NCc1cc(OC)c(OC)cc1Br)NCCN1CCOCC1. The standard InChI is InChI=1S/C18H29BrN4O3/c1-4-20-18(21-5-6-23-7-9-26-10-8-23)22-13-14-11-16(24-2)17(25-3)12-15(14)19/h11-12H,4-10,13H2,1-3H3,(H2,20,21,22). The van der Waals surface area contributed by atoms with Crippen LogP contribution in [0.25, 0.3) is 0 Å². The molecule has 0 aliphatic carbocycles. The molecule has 1 aliphatic heterocycles. The molecule has 0 aromatic heterocycles. The second-order valence-electron chi connectivity index (χ2n) is 5.87. The van der Waals surface area contributed by atoms with Crippen LogP contribution < -0.4 is 20.1 Å². The van der Waals surface area contributed by atoms with Crippen LogP contribution in [-0.4, -0.2) is 71.0 Å². The molecule has 7 nitrogen and oxygen atoms in total. The van der Waals surface area contributed by atoms with E-state index in [1.165, 1.54) is 0 Å². The number of hydrogen-bond acceptors (Lipinski definition) is 5. The maximum Gasteiger partial charge on any atom is 0.191 e. The molecule has 8 heteroatoms. The number of halogens is 1. The van der Waals surface area contributed by atoms with Crippen molar-refractivity contribution in [2.45, 2.75) is 13.5 Å². The van der Waals surface area contributed by atoms with Crippen LogP contribution in [0.3, 0.4) is 0 Å². The van der Waals surface area contributed by atoms with Crippen LogP contribution in [0.5, 0.6) is 11.5 Å². The zero-order valence-corrected chi connectivity index (χ0v) is 17.4. The number of morpholine rings is 1. The lowest BCUT2D eigenvalue weighted by Crippen LogP contribution is -2.44. The minimum absolute atomic E-state index is 0.536. The van der Waals surface area contributed by atoms with Gasteiger partial charge in [0.1, 0.15) is 0 Å². The second kappa shape index (κ2) is 11.3. The Hall–Kier alpha value is -1.51. The summed E-state index contributed by atoms with van der Waals surface area (Å²) in [6, 6.07) is 3.85. The third kappa shape index (κ3) is 6.34. The van der Waals surface area contributed by atoms with Crippen molar-refractivity contribution in [1.82, 2.24) is 15.5 Å². The summed E-state index contributed by atoms with van der Waals surface area (Å²) in [5.74, 6) is 2.20. The number of hydrogen-bond donors (Lipinski definition) is 2. The van der Waals surface area contributed by atoms with Crippen molar-refractivity contribution < 1.29 is 14.2 Å². The summed E-state index contributed by atoms with van der Waals surface area (Å²) in [4.78, 5) is 7.08. The number of nitrogens with zero attached hydrogens (tertiary/aromatic N) is 2. The zero-order chi connectivity index (χ0) is 18.8. The number of ether oxygens (including phenoxy) is 3. The van der Waals surface area contributed by atoms with Crippen molar-refractivity contribution in [2.75, 3.05) is 60.2 Å². The van der Waals surface area contributed by atoms with E-state index in [1.54, 1.807) is 14.2 Å². The summed E-state index contributed by atoms with van der Waals surface area (Å²) >= 11 is 3.58.